The highest BCUT2D eigenvalue weighted by Gasteiger charge is 2.25. The van der Waals surface area contributed by atoms with Gasteiger partial charge in [0.15, 0.2) is 4.90 Å². The van der Waals surface area contributed by atoms with Crippen LogP contribution >= 0.6 is 15.9 Å². The van der Waals surface area contributed by atoms with Crippen molar-refractivity contribution < 1.29 is 13.3 Å². The van der Waals surface area contributed by atoms with Gasteiger partial charge in [-0.25, -0.2) is 13.4 Å². The molecule has 2 aromatic rings. The number of halogens is 1. The van der Waals surface area contributed by atoms with Crippen LogP contribution in [-0.2, 0) is 10.0 Å². The van der Waals surface area contributed by atoms with Crippen molar-refractivity contribution in [2.24, 2.45) is 0 Å². The average Bonchev–Trinajstić information content (AvgIpc) is 2.42. The number of para-hydroxylation sites is 1. The molecule has 0 aliphatic heterocycles. The molecule has 9 heteroatoms. The predicted molar refractivity (Wildman–Crippen MR) is 80.6 cm³/mol. The second-order valence-corrected chi connectivity index (χ2v) is 6.60. The quantitative estimate of drug-likeness (QED) is 0.657. The number of nitrogens with one attached hydrogen (secondary N) is 1. The summed E-state index contributed by atoms with van der Waals surface area (Å²) in [6.45, 7) is 1.70. The van der Waals surface area contributed by atoms with E-state index in [-0.39, 0.29) is 5.82 Å². The van der Waals surface area contributed by atoms with Gasteiger partial charge < -0.3 is 0 Å². The van der Waals surface area contributed by atoms with Gasteiger partial charge in [-0.05, 0) is 41.1 Å². The van der Waals surface area contributed by atoms with Gasteiger partial charge in [-0.2, -0.15) is 0 Å². The number of benzene rings is 1. The largest absolute Gasteiger partial charge is 0.289 e. The monoisotopic (exact) mass is 371 g/mol. The van der Waals surface area contributed by atoms with Crippen molar-refractivity contribution in [1.82, 2.24) is 4.98 Å². The third-order valence-electron chi connectivity index (χ3n) is 2.61. The summed E-state index contributed by atoms with van der Waals surface area (Å²) in [6.07, 6.45) is 0. The Morgan fingerprint density at radius 3 is 2.52 bits per heavy atom. The standard InChI is InChI=1S/C12H10BrN3O4S/c1-8-9(13)6-7-12(14-8)15-21(19,20)11-5-3-2-4-10(11)16(17)18/h2-7H,1H3,(H,14,15). The van der Waals surface area contributed by atoms with Crippen molar-refractivity contribution in [2.75, 3.05) is 4.72 Å². The number of nitrogens with zero attached hydrogens (tertiary/aromatic N) is 2. The van der Waals surface area contributed by atoms with Crippen LogP contribution in [0.3, 0.4) is 0 Å². The van der Waals surface area contributed by atoms with E-state index in [1.807, 2.05) is 0 Å². The average molecular weight is 372 g/mol. The molecule has 0 amide bonds. The summed E-state index contributed by atoms with van der Waals surface area (Å²) < 4.78 is 27.5. The molecule has 1 N–H and O–H groups in total. The lowest BCUT2D eigenvalue weighted by atomic mass is 10.3. The van der Waals surface area contributed by atoms with Crippen molar-refractivity contribution in [3.8, 4) is 0 Å². The van der Waals surface area contributed by atoms with Crippen molar-refractivity contribution in [2.45, 2.75) is 11.8 Å². The Morgan fingerprint density at radius 2 is 1.90 bits per heavy atom. The smallest absolute Gasteiger partial charge is 0.263 e. The van der Waals surface area contributed by atoms with Gasteiger partial charge in [0.25, 0.3) is 15.7 Å². The van der Waals surface area contributed by atoms with E-state index in [2.05, 4.69) is 25.6 Å². The molecule has 0 saturated heterocycles. The van der Waals surface area contributed by atoms with E-state index in [1.165, 1.54) is 24.3 Å². The van der Waals surface area contributed by atoms with Crippen molar-refractivity contribution >= 4 is 37.5 Å². The number of rotatable bonds is 4. The van der Waals surface area contributed by atoms with Crippen LogP contribution in [0.5, 0.6) is 0 Å². The Kier molecular flexibility index (Phi) is 4.24. The summed E-state index contributed by atoms with van der Waals surface area (Å²) in [6, 6.07) is 8.23. The number of nitro groups is 1. The zero-order valence-electron chi connectivity index (χ0n) is 10.8. The van der Waals surface area contributed by atoms with Crippen molar-refractivity contribution in [3.63, 3.8) is 0 Å². The van der Waals surface area contributed by atoms with E-state index in [0.717, 1.165) is 10.5 Å². The molecule has 7 nitrogen and oxygen atoms in total. The van der Waals surface area contributed by atoms with Crippen molar-refractivity contribution in [1.29, 1.82) is 0 Å². The number of sulfonamides is 1. The first-order valence-electron chi connectivity index (χ1n) is 5.70. The highest BCUT2D eigenvalue weighted by atomic mass is 79.9. The molecular formula is C12H10BrN3O4S. The lowest BCUT2D eigenvalue weighted by molar-refractivity contribution is -0.387. The number of pyridine rings is 1. The molecule has 1 aromatic carbocycles. The Labute approximate surface area is 129 Å². The predicted octanol–water partition coefficient (Wildman–Crippen LogP) is 2.86. The van der Waals surface area contributed by atoms with Crippen LogP contribution < -0.4 is 4.72 Å². The zero-order valence-corrected chi connectivity index (χ0v) is 13.2. The van der Waals surface area contributed by atoms with Gasteiger partial charge >= 0.3 is 0 Å². The van der Waals surface area contributed by atoms with E-state index < -0.39 is 25.5 Å². The maximum Gasteiger partial charge on any atom is 0.289 e. The molecule has 1 aromatic heterocycles. The van der Waals surface area contributed by atoms with Crippen LogP contribution in [0.1, 0.15) is 5.69 Å². The maximum atomic E-state index is 12.3. The molecule has 0 spiro atoms. The first-order chi connectivity index (χ1) is 9.81. The normalized spacial score (nSPS) is 11.1. The van der Waals surface area contributed by atoms with Crippen LogP contribution in [-0.4, -0.2) is 18.3 Å². The second-order valence-electron chi connectivity index (χ2n) is 4.09. The topological polar surface area (TPSA) is 102 Å². The molecule has 0 fully saturated rings. The molecule has 0 saturated carbocycles. The Balaban J connectivity index is 2.43. The third kappa shape index (κ3) is 3.37. The van der Waals surface area contributed by atoms with E-state index in [4.69, 9.17) is 0 Å². The second kappa shape index (κ2) is 5.78. The summed E-state index contributed by atoms with van der Waals surface area (Å²) in [5.74, 6) is 0.0915. The van der Waals surface area contributed by atoms with Gasteiger partial charge in [0.2, 0.25) is 0 Å². The first-order valence-corrected chi connectivity index (χ1v) is 7.98. The van der Waals surface area contributed by atoms with E-state index in [1.54, 1.807) is 13.0 Å². The van der Waals surface area contributed by atoms with Crippen molar-refractivity contribution in [3.05, 3.63) is 56.7 Å². The van der Waals surface area contributed by atoms with Gasteiger partial charge in [-0.15, -0.1) is 0 Å². The first kappa shape index (κ1) is 15.4. The number of aromatic nitrogens is 1. The van der Waals surface area contributed by atoms with E-state index >= 15 is 0 Å². The molecule has 0 aliphatic carbocycles. The fraction of sp³-hybridized carbons (Fsp3) is 0.0833. The summed E-state index contributed by atoms with van der Waals surface area (Å²) in [5, 5.41) is 10.9. The van der Waals surface area contributed by atoms with Gasteiger partial charge in [0.05, 0.1) is 10.6 Å². The van der Waals surface area contributed by atoms with Gasteiger partial charge in [-0.1, -0.05) is 12.1 Å². The van der Waals surface area contributed by atoms with Crippen LogP contribution in [0.2, 0.25) is 0 Å². The fourth-order valence-corrected chi connectivity index (χ4v) is 3.02. The van der Waals surface area contributed by atoms with Gasteiger partial charge in [0, 0.05) is 10.5 Å². The Morgan fingerprint density at radius 1 is 1.24 bits per heavy atom. The van der Waals surface area contributed by atoms with E-state index in [9.17, 15) is 18.5 Å². The number of anilines is 1. The number of hydrogen-bond acceptors (Lipinski definition) is 5. The Bertz CT molecular complexity index is 808. The van der Waals surface area contributed by atoms with Gasteiger partial charge in [-0.3, -0.25) is 14.8 Å². The van der Waals surface area contributed by atoms with Crippen LogP contribution in [0.4, 0.5) is 11.5 Å². The number of nitro benzene ring substituents is 1. The molecule has 2 rings (SSSR count). The molecule has 0 atom stereocenters. The minimum Gasteiger partial charge on any atom is -0.263 e. The third-order valence-corrected chi connectivity index (χ3v) is 4.85. The zero-order chi connectivity index (χ0) is 15.6. The van der Waals surface area contributed by atoms with Crippen LogP contribution in [0, 0.1) is 17.0 Å². The lowest BCUT2D eigenvalue weighted by Crippen LogP contribution is -2.15. The molecule has 0 unspecified atom stereocenters. The molecule has 21 heavy (non-hydrogen) atoms. The maximum absolute atomic E-state index is 12.3. The van der Waals surface area contributed by atoms with Gasteiger partial charge in [0.1, 0.15) is 5.82 Å². The molecular weight excluding hydrogens is 362 g/mol. The van der Waals surface area contributed by atoms with E-state index in [0.29, 0.717) is 5.69 Å². The summed E-state index contributed by atoms with van der Waals surface area (Å²) in [5.41, 5.74) is 0.108. The highest BCUT2D eigenvalue weighted by molar-refractivity contribution is 9.10. The lowest BCUT2D eigenvalue weighted by Gasteiger charge is -2.08. The Hall–Kier alpha value is -2.00. The highest BCUT2D eigenvalue weighted by Crippen LogP contribution is 2.25. The molecule has 0 bridgehead atoms. The summed E-state index contributed by atoms with van der Waals surface area (Å²) >= 11 is 3.26. The SMILES string of the molecule is Cc1nc(NS(=O)(=O)c2ccccc2[N+](=O)[O-])ccc1Br. The number of aryl methyl sites for hydroxylation is 1. The number of hydrogen-bond donors (Lipinski definition) is 1. The molecule has 0 radical (unpaired) electrons. The minimum atomic E-state index is -4.09. The minimum absolute atomic E-state index is 0.0915. The van der Waals surface area contributed by atoms with Crippen LogP contribution in [0.25, 0.3) is 0 Å². The summed E-state index contributed by atoms with van der Waals surface area (Å²) in [4.78, 5) is 13.8. The molecule has 0 aliphatic rings. The summed E-state index contributed by atoms with van der Waals surface area (Å²) in [7, 11) is -4.09. The fourth-order valence-electron chi connectivity index (χ4n) is 1.63. The molecule has 110 valence electrons. The van der Waals surface area contributed by atoms with Crippen LogP contribution in [0.15, 0.2) is 45.8 Å². The molecule has 1 heterocycles.